The van der Waals surface area contributed by atoms with Gasteiger partial charge in [-0.15, -0.1) is 0 Å². The quantitative estimate of drug-likeness (QED) is 0.452. The highest BCUT2D eigenvalue weighted by atomic mass is 31.2. The minimum absolute atomic E-state index is 0.122. The minimum atomic E-state index is -3.73. The van der Waals surface area contributed by atoms with Crippen molar-refractivity contribution in [3.63, 3.8) is 0 Å². The molecule has 2 rings (SSSR count). The molecule has 0 heterocycles. The lowest BCUT2D eigenvalue weighted by Crippen LogP contribution is -2.27. The van der Waals surface area contributed by atoms with Gasteiger partial charge in [-0.25, -0.2) is 4.79 Å². The third-order valence-electron chi connectivity index (χ3n) is 6.15. The summed E-state index contributed by atoms with van der Waals surface area (Å²) in [5, 5.41) is 9.61. The van der Waals surface area contributed by atoms with Gasteiger partial charge < -0.3 is 15.7 Å². The number of aliphatic carboxylic acids is 1. The van der Waals surface area contributed by atoms with Crippen molar-refractivity contribution in [3.05, 3.63) is 11.1 Å². The summed E-state index contributed by atoms with van der Waals surface area (Å²) in [6.07, 6.45) is 11.3. The highest BCUT2D eigenvalue weighted by molar-refractivity contribution is 7.59. The highest BCUT2D eigenvalue weighted by Crippen LogP contribution is 2.49. The van der Waals surface area contributed by atoms with Gasteiger partial charge >= 0.3 is 5.97 Å². The lowest BCUT2D eigenvalue weighted by atomic mass is 9.82. The Morgan fingerprint density at radius 1 is 1.08 bits per heavy atom. The molecule has 5 nitrogen and oxygen atoms in total. The molecule has 0 amide bonds. The zero-order valence-corrected chi connectivity index (χ0v) is 16.3. The second-order valence-corrected chi connectivity index (χ2v) is 10.5. The van der Waals surface area contributed by atoms with E-state index in [0.29, 0.717) is 12.3 Å². The largest absolute Gasteiger partial charge is 0.478 e. The van der Waals surface area contributed by atoms with Crippen LogP contribution in [-0.4, -0.2) is 27.9 Å². The lowest BCUT2D eigenvalue weighted by Gasteiger charge is -2.28. The fraction of sp³-hybridized carbons (Fsp3) is 0.842. The van der Waals surface area contributed by atoms with Gasteiger partial charge in [0.1, 0.15) is 0 Å². The van der Waals surface area contributed by atoms with Crippen LogP contribution in [0.15, 0.2) is 11.1 Å². The van der Waals surface area contributed by atoms with Crippen LogP contribution < -0.4 is 5.73 Å². The van der Waals surface area contributed by atoms with Crippen LogP contribution in [-0.2, 0) is 9.36 Å². The molecule has 0 bridgehead atoms. The second-order valence-electron chi connectivity index (χ2n) is 8.02. The van der Waals surface area contributed by atoms with Crippen LogP contribution in [0.25, 0.3) is 0 Å². The number of hydrogen-bond donors (Lipinski definition) is 3. The van der Waals surface area contributed by atoms with E-state index in [0.717, 1.165) is 56.9 Å². The molecule has 6 heteroatoms. The monoisotopic (exact) mass is 371 g/mol. The number of carboxylic acid groups (broad SMARTS) is 1. The van der Waals surface area contributed by atoms with Gasteiger partial charge in [0.15, 0.2) is 0 Å². The Balaban J connectivity index is 2.07. The first-order valence-corrected chi connectivity index (χ1v) is 11.7. The van der Waals surface area contributed by atoms with Crippen LogP contribution in [0.2, 0.25) is 0 Å². The molecule has 0 spiro atoms. The Labute approximate surface area is 151 Å². The second kappa shape index (κ2) is 9.34. The molecule has 0 saturated heterocycles. The molecule has 2 saturated carbocycles. The molecule has 2 fully saturated rings. The number of hydrogen-bond acceptors (Lipinski definition) is 3. The van der Waals surface area contributed by atoms with Gasteiger partial charge in [0, 0.05) is 5.57 Å². The zero-order valence-electron chi connectivity index (χ0n) is 15.5. The van der Waals surface area contributed by atoms with Crippen molar-refractivity contribution in [3.8, 4) is 0 Å². The Morgan fingerprint density at radius 3 is 2.12 bits per heavy atom. The topological polar surface area (TPSA) is 101 Å². The predicted octanol–water partition coefficient (Wildman–Crippen LogP) is 4.49. The van der Waals surface area contributed by atoms with E-state index in [9.17, 15) is 19.4 Å². The van der Waals surface area contributed by atoms with Crippen molar-refractivity contribution < 1.29 is 19.4 Å². The highest BCUT2D eigenvalue weighted by Gasteiger charge is 2.34. The number of rotatable bonds is 7. The van der Waals surface area contributed by atoms with Crippen LogP contribution in [0.4, 0.5) is 0 Å². The van der Waals surface area contributed by atoms with E-state index in [4.69, 9.17) is 5.73 Å². The number of nitrogens with two attached hydrogens (primary N) is 1. The molecule has 0 aromatic rings. The Morgan fingerprint density at radius 2 is 1.60 bits per heavy atom. The van der Waals surface area contributed by atoms with E-state index in [-0.39, 0.29) is 17.7 Å². The fourth-order valence-electron chi connectivity index (χ4n) is 4.42. The lowest BCUT2D eigenvalue weighted by molar-refractivity contribution is -0.132. The van der Waals surface area contributed by atoms with E-state index in [1.165, 1.54) is 12.8 Å². The molecule has 2 unspecified atom stereocenters. The first kappa shape index (κ1) is 20.7. The van der Waals surface area contributed by atoms with Crippen LogP contribution in [0.1, 0.15) is 77.6 Å². The molecule has 0 aromatic heterocycles. The molecule has 0 radical (unpaired) electrons. The molecule has 0 aromatic carbocycles. The third kappa shape index (κ3) is 5.94. The molecule has 0 aliphatic heterocycles. The number of allylic oxidation sites excluding steroid dienone is 1. The summed E-state index contributed by atoms with van der Waals surface area (Å²) in [7, 11) is -3.73. The maximum absolute atomic E-state index is 12.8. The van der Waals surface area contributed by atoms with Crippen LogP contribution in [0.5, 0.6) is 0 Å². The molecule has 2 aliphatic rings. The normalized spacial score (nSPS) is 25.1. The zero-order chi connectivity index (χ0) is 18.4. The molecular weight excluding hydrogens is 337 g/mol. The van der Waals surface area contributed by atoms with Crippen LogP contribution in [0.3, 0.4) is 0 Å². The van der Waals surface area contributed by atoms with Crippen molar-refractivity contribution >= 4 is 13.3 Å². The first-order chi connectivity index (χ1) is 11.8. The predicted molar refractivity (Wildman–Crippen MR) is 101 cm³/mol. The van der Waals surface area contributed by atoms with Gasteiger partial charge in [-0.1, -0.05) is 56.9 Å². The summed E-state index contributed by atoms with van der Waals surface area (Å²) in [4.78, 5) is 22.3. The summed E-state index contributed by atoms with van der Waals surface area (Å²) in [6.45, 7) is 1.83. The van der Waals surface area contributed by atoms with Crippen LogP contribution >= 0.6 is 7.37 Å². The van der Waals surface area contributed by atoms with E-state index in [1.54, 1.807) is 0 Å². The van der Waals surface area contributed by atoms with Gasteiger partial charge in [-0.05, 0) is 38.0 Å². The molecule has 2 atom stereocenters. The first-order valence-electron chi connectivity index (χ1n) is 9.81. The van der Waals surface area contributed by atoms with E-state index >= 15 is 0 Å². The number of carbonyl (C=O) groups is 1. The average Bonchev–Trinajstić information content (AvgIpc) is 2.60. The van der Waals surface area contributed by atoms with Gasteiger partial charge in [0.25, 0.3) is 0 Å². The summed E-state index contributed by atoms with van der Waals surface area (Å²) < 4.78 is 12.8. The SMILES string of the molecule is CC(=C(CP(=O)(O)C(N)CC1CCCCC1)C(=O)O)C1CCCCC1. The Hall–Kier alpha value is -0.640. The number of carboxylic acids is 1. The van der Waals surface area contributed by atoms with Gasteiger partial charge in [0.2, 0.25) is 7.37 Å². The van der Waals surface area contributed by atoms with Gasteiger partial charge in [0.05, 0.1) is 11.9 Å². The summed E-state index contributed by atoms with van der Waals surface area (Å²) in [5.41, 5.74) is 6.99. The van der Waals surface area contributed by atoms with Crippen LogP contribution in [0, 0.1) is 11.8 Å². The Kier molecular flexibility index (Phi) is 7.72. The van der Waals surface area contributed by atoms with E-state index in [2.05, 4.69) is 0 Å². The molecule has 4 N–H and O–H groups in total. The smallest absolute Gasteiger partial charge is 0.332 e. The van der Waals surface area contributed by atoms with Crippen molar-refractivity contribution in [2.45, 2.75) is 83.3 Å². The molecule has 2 aliphatic carbocycles. The van der Waals surface area contributed by atoms with Crippen molar-refractivity contribution in [2.75, 3.05) is 6.16 Å². The summed E-state index contributed by atoms with van der Waals surface area (Å²) in [5.74, 6) is -1.25. The van der Waals surface area contributed by atoms with E-state index in [1.807, 2.05) is 6.92 Å². The van der Waals surface area contributed by atoms with Crippen molar-refractivity contribution in [1.82, 2.24) is 0 Å². The fourth-order valence-corrected chi connectivity index (χ4v) is 6.12. The van der Waals surface area contributed by atoms with Gasteiger partial charge in [-0.2, -0.15) is 0 Å². The summed E-state index contributed by atoms with van der Waals surface area (Å²) >= 11 is 0. The third-order valence-corrected chi connectivity index (χ3v) is 8.17. The average molecular weight is 371 g/mol. The molecule has 144 valence electrons. The molecular formula is C19H34NO4P. The molecule has 25 heavy (non-hydrogen) atoms. The maximum atomic E-state index is 12.8. The summed E-state index contributed by atoms with van der Waals surface area (Å²) in [6, 6.07) is 0. The van der Waals surface area contributed by atoms with E-state index < -0.39 is 19.1 Å². The Bertz CT molecular complexity index is 534. The van der Waals surface area contributed by atoms with Crippen molar-refractivity contribution in [2.24, 2.45) is 17.6 Å². The van der Waals surface area contributed by atoms with Crippen molar-refractivity contribution in [1.29, 1.82) is 0 Å². The maximum Gasteiger partial charge on any atom is 0.332 e. The van der Waals surface area contributed by atoms with Gasteiger partial charge in [-0.3, -0.25) is 4.57 Å². The minimum Gasteiger partial charge on any atom is -0.478 e. The standard InChI is InChI=1S/C19H34NO4P/c1-14(16-10-6-3-7-11-16)17(19(21)22)13-25(23,24)18(20)12-15-8-4-2-5-9-15/h15-16,18H,2-13,20H2,1H3,(H,21,22)(H,23,24).